The van der Waals surface area contributed by atoms with Gasteiger partial charge >= 0.3 is 0 Å². The summed E-state index contributed by atoms with van der Waals surface area (Å²) in [7, 11) is 0. The summed E-state index contributed by atoms with van der Waals surface area (Å²) in [5.41, 5.74) is 3.05. The Morgan fingerprint density at radius 2 is 1.92 bits per heavy atom. The number of nitrogens with zero attached hydrogens (tertiary/aromatic N) is 2. The summed E-state index contributed by atoms with van der Waals surface area (Å²) in [4.78, 5) is 16.4. The van der Waals surface area contributed by atoms with E-state index in [2.05, 4.69) is 22.4 Å². The Balaban J connectivity index is 1.51. The molecule has 1 heterocycles. The molecule has 0 fully saturated rings. The number of amides is 1. The van der Waals surface area contributed by atoms with Crippen LogP contribution >= 0.6 is 11.6 Å². The Bertz CT molecular complexity index is 875. The fourth-order valence-corrected chi connectivity index (χ4v) is 2.71. The van der Waals surface area contributed by atoms with Gasteiger partial charge in [-0.15, -0.1) is 0 Å². The largest absolute Gasteiger partial charge is 0.352 e. The number of hydrogen-bond donors (Lipinski definition) is 1. The molecule has 3 rings (SSSR count). The van der Waals surface area contributed by atoms with Gasteiger partial charge in [0.25, 0.3) is 0 Å². The summed E-state index contributed by atoms with van der Waals surface area (Å²) in [5.74, 6) is 0.906. The predicted octanol–water partition coefficient (Wildman–Crippen LogP) is 4.20. The summed E-state index contributed by atoms with van der Waals surface area (Å²) in [6.07, 6.45) is 1.66. The SMILES string of the molecule is CCc1ccc(-c2noc(CCC(=O)NCc3ccccc3Cl)n2)cc1. The lowest BCUT2D eigenvalue weighted by molar-refractivity contribution is -0.121. The average Bonchev–Trinajstić information content (AvgIpc) is 3.15. The van der Waals surface area contributed by atoms with Crippen molar-refractivity contribution < 1.29 is 9.32 Å². The lowest BCUT2D eigenvalue weighted by atomic mass is 10.1. The summed E-state index contributed by atoms with van der Waals surface area (Å²) in [5, 5.41) is 7.48. The Hall–Kier alpha value is -2.66. The van der Waals surface area contributed by atoms with Crippen molar-refractivity contribution >= 4 is 17.5 Å². The van der Waals surface area contributed by atoms with Crippen LogP contribution in [0.25, 0.3) is 11.4 Å². The van der Waals surface area contributed by atoms with E-state index in [0.29, 0.717) is 29.7 Å². The van der Waals surface area contributed by atoms with Crippen LogP contribution in [0.15, 0.2) is 53.1 Å². The maximum absolute atomic E-state index is 12.0. The zero-order chi connectivity index (χ0) is 18.4. The first kappa shape index (κ1) is 18.1. The van der Waals surface area contributed by atoms with Crippen LogP contribution < -0.4 is 5.32 Å². The number of nitrogens with one attached hydrogen (secondary N) is 1. The summed E-state index contributed by atoms with van der Waals surface area (Å²) >= 11 is 6.08. The van der Waals surface area contributed by atoms with Gasteiger partial charge < -0.3 is 9.84 Å². The quantitative estimate of drug-likeness (QED) is 0.677. The molecule has 0 radical (unpaired) electrons. The highest BCUT2D eigenvalue weighted by Gasteiger charge is 2.11. The lowest BCUT2D eigenvalue weighted by Gasteiger charge is -2.05. The number of aryl methyl sites for hydroxylation is 2. The molecule has 0 atom stereocenters. The standard InChI is InChI=1S/C20H20ClN3O2/c1-2-14-7-9-15(10-8-14)20-23-19(26-24-20)12-11-18(25)22-13-16-5-3-4-6-17(16)21/h3-10H,2,11-13H2,1H3,(H,22,25). The molecule has 3 aromatic rings. The van der Waals surface area contributed by atoms with E-state index in [1.807, 2.05) is 42.5 Å². The predicted molar refractivity (Wildman–Crippen MR) is 101 cm³/mol. The molecule has 6 heteroatoms. The Morgan fingerprint density at radius 3 is 2.65 bits per heavy atom. The number of carbonyl (C=O) groups excluding carboxylic acids is 1. The first-order chi connectivity index (χ1) is 12.7. The monoisotopic (exact) mass is 369 g/mol. The maximum atomic E-state index is 12.0. The van der Waals surface area contributed by atoms with E-state index in [1.165, 1.54) is 5.56 Å². The molecule has 5 nitrogen and oxygen atoms in total. The highest BCUT2D eigenvalue weighted by molar-refractivity contribution is 6.31. The summed E-state index contributed by atoms with van der Waals surface area (Å²) in [6, 6.07) is 15.5. The second-order valence-electron chi connectivity index (χ2n) is 5.93. The molecule has 2 aromatic carbocycles. The molecule has 0 saturated carbocycles. The minimum Gasteiger partial charge on any atom is -0.352 e. The Kier molecular flexibility index (Phi) is 6.02. The van der Waals surface area contributed by atoms with Gasteiger partial charge in [-0.05, 0) is 23.6 Å². The minimum atomic E-state index is -0.0861. The molecule has 0 aliphatic carbocycles. The first-order valence-corrected chi connectivity index (χ1v) is 8.95. The fraction of sp³-hybridized carbons (Fsp3) is 0.250. The highest BCUT2D eigenvalue weighted by Crippen LogP contribution is 2.17. The lowest BCUT2D eigenvalue weighted by Crippen LogP contribution is -2.23. The molecule has 0 spiro atoms. The summed E-state index contributed by atoms with van der Waals surface area (Å²) < 4.78 is 5.25. The second kappa shape index (κ2) is 8.63. The first-order valence-electron chi connectivity index (χ1n) is 8.57. The van der Waals surface area contributed by atoms with E-state index < -0.39 is 0 Å². The van der Waals surface area contributed by atoms with Crippen molar-refractivity contribution in [3.8, 4) is 11.4 Å². The van der Waals surface area contributed by atoms with Gasteiger partial charge in [0.15, 0.2) is 0 Å². The molecule has 1 N–H and O–H groups in total. The number of benzene rings is 2. The third kappa shape index (κ3) is 4.70. The maximum Gasteiger partial charge on any atom is 0.227 e. The van der Waals surface area contributed by atoms with E-state index in [-0.39, 0.29) is 12.3 Å². The van der Waals surface area contributed by atoms with Gasteiger partial charge in [0.2, 0.25) is 17.6 Å². The van der Waals surface area contributed by atoms with Gasteiger partial charge in [0, 0.05) is 30.0 Å². The van der Waals surface area contributed by atoms with E-state index in [9.17, 15) is 4.79 Å². The van der Waals surface area contributed by atoms with Crippen molar-refractivity contribution in [3.05, 3.63) is 70.6 Å². The molecular weight excluding hydrogens is 350 g/mol. The van der Waals surface area contributed by atoms with Crippen molar-refractivity contribution in [1.82, 2.24) is 15.5 Å². The molecule has 0 aliphatic heterocycles. The van der Waals surface area contributed by atoms with Gasteiger partial charge in [-0.1, -0.05) is 66.1 Å². The van der Waals surface area contributed by atoms with Gasteiger partial charge in [0.05, 0.1) is 0 Å². The number of carbonyl (C=O) groups is 1. The van der Waals surface area contributed by atoms with Crippen molar-refractivity contribution in [2.24, 2.45) is 0 Å². The van der Waals surface area contributed by atoms with Gasteiger partial charge in [-0.3, -0.25) is 4.79 Å². The number of halogens is 1. The minimum absolute atomic E-state index is 0.0861. The Labute approximate surface area is 157 Å². The van der Waals surface area contributed by atoms with Gasteiger partial charge in [0.1, 0.15) is 0 Å². The number of rotatable bonds is 7. The molecule has 1 aromatic heterocycles. The van der Waals surface area contributed by atoms with Gasteiger partial charge in [-0.2, -0.15) is 4.98 Å². The van der Waals surface area contributed by atoms with Crippen LogP contribution in [-0.2, 0) is 24.2 Å². The van der Waals surface area contributed by atoms with Crippen LogP contribution in [0.4, 0.5) is 0 Å². The molecule has 134 valence electrons. The van der Waals surface area contributed by atoms with E-state index in [0.717, 1.165) is 17.5 Å². The van der Waals surface area contributed by atoms with E-state index >= 15 is 0 Å². The van der Waals surface area contributed by atoms with Crippen LogP contribution in [0.1, 0.15) is 30.4 Å². The third-order valence-electron chi connectivity index (χ3n) is 4.09. The fourth-order valence-electron chi connectivity index (χ4n) is 2.51. The molecule has 1 amide bonds. The smallest absolute Gasteiger partial charge is 0.227 e. The molecular formula is C20H20ClN3O2. The second-order valence-corrected chi connectivity index (χ2v) is 6.34. The third-order valence-corrected chi connectivity index (χ3v) is 4.46. The zero-order valence-electron chi connectivity index (χ0n) is 14.5. The molecule has 0 unspecified atom stereocenters. The van der Waals surface area contributed by atoms with Crippen LogP contribution in [0.3, 0.4) is 0 Å². The topological polar surface area (TPSA) is 68.0 Å². The summed E-state index contributed by atoms with van der Waals surface area (Å²) in [6.45, 7) is 2.51. The van der Waals surface area contributed by atoms with Crippen LogP contribution in [0.5, 0.6) is 0 Å². The average molecular weight is 370 g/mol. The molecule has 0 bridgehead atoms. The van der Waals surface area contributed by atoms with E-state index in [1.54, 1.807) is 6.07 Å². The number of aromatic nitrogens is 2. The Morgan fingerprint density at radius 1 is 1.15 bits per heavy atom. The van der Waals surface area contributed by atoms with Crippen molar-refractivity contribution in [1.29, 1.82) is 0 Å². The van der Waals surface area contributed by atoms with Crippen LogP contribution in [-0.4, -0.2) is 16.0 Å². The van der Waals surface area contributed by atoms with Crippen LogP contribution in [0.2, 0.25) is 5.02 Å². The molecule has 0 saturated heterocycles. The molecule has 0 aliphatic rings. The van der Waals surface area contributed by atoms with Gasteiger partial charge in [-0.25, -0.2) is 0 Å². The molecule has 26 heavy (non-hydrogen) atoms. The highest BCUT2D eigenvalue weighted by atomic mass is 35.5. The van der Waals surface area contributed by atoms with Crippen molar-refractivity contribution in [2.45, 2.75) is 32.7 Å². The normalized spacial score (nSPS) is 10.7. The van der Waals surface area contributed by atoms with Crippen molar-refractivity contribution in [3.63, 3.8) is 0 Å². The zero-order valence-corrected chi connectivity index (χ0v) is 15.3. The van der Waals surface area contributed by atoms with Crippen molar-refractivity contribution in [2.75, 3.05) is 0 Å². The number of hydrogen-bond acceptors (Lipinski definition) is 4. The van der Waals surface area contributed by atoms with Crippen LogP contribution in [0, 0.1) is 0 Å². The van der Waals surface area contributed by atoms with E-state index in [4.69, 9.17) is 16.1 Å².